The van der Waals surface area contributed by atoms with Crippen molar-refractivity contribution in [3.8, 4) is 0 Å². The van der Waals surface area contributed by atoms with E-state index in [1.807, 2.05) is 60.4 Å². The molecule has 2 aromatic carbocycles. The summed E-state index contributed by atoms with van der Waals surface area (Å²) in [6, 6.07) is 19.6. The van der Waals surface area contributed by atoms with Gasteiger partial charge in [0, 0.05) is 12.7 Å². The van der Waals surface area contributed by atoms with Crippen molar-refractivity contribution in [2.75, 3.05) is 7.11 Å². The van der Waals surface area contributed by atoms with E-state index in [-0.39, 0.29) is 12.1 Å². The third kappa shape index (κ3) is 5.56. The molecule has 3 heteroatoms. The Kier molecular flexibility index (Phi) is 8.46. The van der Waals surface area contributed by atoms with Gasteiger partial charge in [0.1, 0.15) is 6.23 Å². The summed E-state index contributed by atoms with van der Waals surface area (Å²) in [5.74, 6) is -0.00485. The smallest absolute Gasteiger partial charge is 0.256 e. The molecule has 0 radical (unpaired) electrons. The maximum Gasteiger partial charge on any atom is 0.256 e. The topological polar surface area (TPSA) is 29.5 Å². The van der Waals surface area contributed by atoms with E-state index in [9.17, 15) is 4.79 Å². The van der Waals surface area contributed by atoms with Crippen LogP contribution < -0.4 is 0 Å². The van der Waals surface area contributed by atoms with E-state index in [1.165, 1.54) is 0 Å². The molecular weight excluding hydrogens is 346 g/mol. The summed E-state index contributed by atoms with van der Waals surface area (Å²) >= 11 is 0. The summed E-state index contributed by atoms with van der Waals surface area (Å²) in [7, 11) is 1.70. The zero-order valence-electron chi connectivity index (χ0n) is 17.6. The zero-order chi connectivity index (χ0) is 20.4. The molecule has 2 aromatic rings. The van der Waals surface area contributed by atoms with Crippen LogP contribution >= 0.6 is 0 Å². The number of allylic oxidation sites excluding steroid dienone is 2. The van der Waals surface area contributed by atoms with Crippen LogP contribution in [0, 0.1) is 0 Å². The summed E-state index contributed by atoms with van der Waals surface area (Å²) in [5.41, 5.74) is 1.27. The molecule has 0 fully saturated rings. The molecule has 0 N–H and O–H groups in total. The average Bonchev–Trinajstić information content (AvgIpc) is 2.73. The second-order valence-corrected chi connectivity index (χ2v) is 7.51. The number of carbonyl (C=O) groups excluding carboxylic acids is 1. The Morgan fingerprint density at radius 1 is 1.04 bits per heavy atom. The molecule has 0 aliphatic rings. The number of hydrogen-bond donors (Lipinski definition) is 0. The Morgan fingerprint density at radius 2 is 1.64 bits per heavy atom. The first-order valence-electron chi connectivity index (χ1n) is 10.1. The first-order chi connectivity index (χ1) is 13.5. The molecule has 28 heavy (non-hydrogen) atoms. The van der Waals surface area contributed by atoms with Gasteiger partial charge in [0.2, 0.25) is 0 Å². The summed E-state index contributed by atoms with van der Waals surface area (Å²) in [6.45, 7) is 6.23. The number of hydrogen-bond acceptors (Lipinski definition) is 2. The van der Waals surface area contributed by atoms with Gasteiger partial charge in [-0.3, -0.25) is 4.79 Å². The molecule has 1 atom stereocenters. The van der Waals surface area contributed by atoms with Gasteiger partial charge in [0.15, 0.2) is 0 Å². The van der Waals surface area contributed by atoms with E-state index in [2.05, 4.69) is 38.1 Å². The Morgan fingerprint density at radius 3 is 2.21 bits per heavy atom. The van der Waals surface area contributed by atoms with Crippen molar-refractivity contribution in [3.63, 3.8) is 0 Å². The molecule has 2 rings (SSSR count). The van der Waals surface area contributed by atoms with E-state index >= 15 is 0 Å². The molecule has 0 aromatic heterocycles. The first-order valence-corrected chi connectivity index (χ1v) is 10.1. The lowest BCUT2D eigenvalue weighted by molar-refractivity contribution is -0.0672. The van der Waals surface area contributed by atoms with Crippen molar-refractivity contribution >= 4 is 5.91 Å². The quantitative estimate of drug-likeness (QED) is 0.280. The number of nitrogens with zero attached hydrogens (tertiary/aromatic N) is 1. The zero-order valence-corrected chi connectivity index (χ0v) is 17.6. The Hall–Kier alpha value is -2.39. The lowest BCUT2D eigenvalue weighted by atomic mass is 9.90. The van der Waals surface area contributed by atoms with Crippen LogP contribution in [0.25, 0.3) is 0 Å². The average molecular weight is 380 g/mol. The SMILES string of the molecule is C/C=C/CCCCC(OC)N(C(=O)c1ccccc1)C(C)(C)c1ccccc1. The number of amides is 1. The van der Waals surface area contributed by atoms with E-state index in [0.29, 0.717) is 5.56 Å². The van der Waals surface area contributed by atoms with Crippen LogP contribution in [-0.4, -0.2) is 24.1 Å². The van der Waals surface area contributed by atoms with E-state index in [4.69, 9.17) is 4.74 Å². The van der Waals surface area contributed by atoms with Gasteiger partial charge < -0.3 is 9.64 Å². The second kappa shape index (κ2) is 10.8. The molecule has 150 valence electrons. The predicted octanol–water partition coefficient (Wildman–Crippen LogP) is 6.17. The fourth-order valence-corrected chi connectivity index (χ4v) is 3.55. The Labute approximate surface area is 170 Å². The largest absolute Gasteiger partial charge is 0.361 e. The minimum atomic E-state index is -0.502. The molecule has 3 nitrogen and oxygen atoms in total. The van der Waals surface area contributed by atoms with E-state index in [0.717, 1.165) is 31.2 Å². The monoisotopic (exact) mass is 379 g/mol. The van der Waals surface area contributed by atoms with Crippen molar-refractivity contribution < 1.29 is 9.53 Å². The number of carbonyl (C=O) groups is 1. The van der Waals surface area contributed by atoms with Gasteiger partial charge in [-0.25, -0.2) is 0 Å². The molecule has 0 saturated carbocycles. The molecule has 0 saturated heterocycles. The highest BCUT2D eigenvalue weighted by Gasteiger charge is 2.38. The van der Waals surface area contributed by atoms with Crippen LogP contribution in [0.5, 0.6) is 0 Å². The van der Waals surface area contributed by atoms with Crippen molar-refractivity contribution in [2.24, 2.45) is 0 Å². The molecule has 1 unspecified atom stereocenters. The van der Waals surface area contributed by atoms with Crippen molar-refractivity contribution in [2.45, 2.75) is 58.2 Å². The van der Waals surface area contributed by atoms with Gasteiger partial charge in [-0.1, -0.05) is 60.7 Å². The van der Waals surface area contributed by atoms with Gasteiger partial charge in [0.05, 0.1) is 5.54 Å². The van der Waals surface area contributed by atoms with Gasteiger partial charge >= 0.3 is 0 Å². The van der Waals surface area contributed by atoms with Crippen LogP contribution in [0.15, 0.2) is 72.8 Å². The minimum absolute atomic E-state index is 0.00485. The number of methoxy groups -OCH3 is 1. The Bertz CT molecular complexity index is 738. The van der Waals surface area contributed by atoms with Gasteiger partial charge in [-0.15, -0.1) is 0 Å². The molecule has 0 aliphatic heterocycles. The molecule has 0 spiro atoms. The summed E-state index contributed by atoms with van der Waals surface area (Å²) in [5, 5.41) is 0. The van der Waals surface area contributed by atoms with Gasteiger partial charge in [0.25, 0.3) is 5.91 Å². The second-order valence-electron chi connectivity index (χ2n) is 7.51. The normalized spacial score (nSPS) is 12.9. The Balaban J connectivity index is 2.33. The van der Waals surface area contributed by atoms with Gasteiger partial charge in [-0.2, -0.15) is 0 Å². The third-order valence-electron chi connectivity index (χ3n) is 5.19. The van der Waals surface area contributed by atoms with Crippen LogP contribution in [0.2, 0.25) is 0 Å². The number of unbranched alkanes of at least 4 members (excludes halogenated alkanes) is 2. The van der Waals surface area contributed by atoms with Crippen molar-refractivity contribution in [1.29, 1.82) is 0 Å². The number of ether oxygens (including phenoxy) is 1. The van der Waals surface area contributed by atoms with Crippen LogP contribution in [0.3, 0.4) is 0 Å². The summed E-state index contributed by atoms with van der Waals surface area (Å²) in [6.07, 6.45) is 7.94. The standard InChI is InChI=1S/C25H33NO2/c1-5-6-7-8-15-20-23(28-4)26(24(27)21-16-11-9-12-17-21)25(2,3)22-18-13-10-14-19-22/h5-6,9-14,16-19,23H,7-8,15,20H2,1-4H3/b6-5+. The van der Waals surface area contributed by atoms with Crippen molar-refractivity contribution in [3.05, 3.63) is 83.9 Å². The van der Waals surface area contributed by atoms with Crippen LogP contribution in [-0.2, 0) is 10.3 Å². The highest BCUT2D eigenvalue weighted by Crippen LogP contribution is 2.33. The number of benzene rings is 2. The minimum Gasteiger partial charge on any atom is -0.361 e. The number of rotatable bonds is 10. The molecule has 0 bridgehead atoms. The molecule has 0 heterocycles. The highest BCUT2D eigenvalue weighted by atomic mass is 16.5. The molecular formula is C25H33NO2. The third-order valence-corrected chi connectivity index (χ3v) is 5.19. The first kappa shape index (κ1) is 21.9. The van der Waals surface area contributed by atoms with E-state index < -0.39 is 5.54 Å². The van der Waals surface area contributed by atoms with Crippen LogP contribution in [0.1, 0.15) is 62.4 Å². The lowest BCUT2D eigenvalue weighted by Gasteiger charge is -2.43. The summed E-state index contributed by atoms with van der Waals surface area (Å²) < 4.78 is 5.86. The molecule has 1 amide bonds. The highest BCUT2D eigenvalue weighted by molar-refractivity contribution is 5.94. The van der Waals surface area contributed by atoms with Crippen molar-refractivity contribution in [1.82, 2.24) is 4.90 Å². The maximum atomic E-state index is 13.5. The molecule has 0 aliphatic carbocycles. The fourth-order valence-electron chi connectivity index (χ4n) is 3.55. The maximum absolute atomic E-state index is 13.5. The van der Waals surface area contributed by atoms with Crippen LogP contribution in [0.4, 0.5) is 0 Å². The predicted molar refractivity (Wildman–Crippen MR) is 116 cm³/mol. The van der Waals surface area contributed by atoms with E-state index in [1.54, 1.807) is 7.11 Å². The van der Waals surface area contributed by atoms with Gasteiger partial charge in [-0.05, 0) is 64.2 Å². The fraction of sp³-hybridized carbons (Fsp3) is 0.400. The lowest BCUT2D eigenvalue weighted by Crippen LogP contribution is -2.52. The summed E-state index contributed by atoms with van der Waals surface area (Å²) in [4.78, 5) is 15.4.